The van der Waals surface area contributed by atoms with Crippen LogP contribution in [0.4, 0.5) is 0 Å². The third kappa shape index (κ3) is 2.35. The molecule has 0 bridgehead atoms. The highest BCUT2D eigenvalue weighted by Crippen LogP contribution is 2.62. The molecule has 0 spiro atoms. The summed E-state index contributed by atoms with van der Waals surface area (Å²) in [5.74, 6) is 0.264. The molecule has 2 atom stereocenters. The number of hydrogen-bond donors (Lipinski definition) is 0. The number of hydrogen-bond acceptors (Lipinski definition) is 4. The monoisotopic (exact) mass is 338 g/mol. The molecule has 2 aromatic rings. The van der Waals surface area contributed by atoms with E-state index in [4.69, 9.17) is 0 Å². The van der Waals surface area contributed by atoms with Crippen LogP contribution in [0.2, 0.25) is 0 Å². The van der Waals surface area contributed by atoms with Gasteiger partial charge >= 0.3 is 5.66 Å². The van der Waals surface area contributed by atoms with Crippen molar-refractivity contribution in [2.24, 2.45) is 27.2 Å². The van der Waals surface area contributed by atoms with Gasteiger partial charge in [0.2, 0.25) is 0 Å². The van der Waals surface area contributed by atoms with Gasteiger partial charge in [-0.05, 0) is 16.5 Å². The minimum Gasteiger partial charge on any atom is -0.232 e. The summed E-state index contributed by atoms with van der Waals surface area (Å²) >= 11 is 0. The summed E-state index contributed by atoms with van der Waals surface area (Å²) in [7, 11) is 0. The second kappa shape index (κ2) is 5.64. The van der Waals surface area contributed by atoms with E-state index in [1.165, 1.54) is 0 Å². The lowest BCUT2D eigenvalue weighted by Crippen LogP contribution is -2.24. The first kappa shape index (κ1) is 16.2. The molecule has 0 unspecified atom stereocenters. The van der Waals surface area contributed by atoms with Crippen LogP contribution in [0.25, 0.3) is 0 Å². The highest BCUT2D eigenvalue weighted by Gasteiger charge is 2.64. The molecular weight excluding hydrogens is 320 g/mol. The Hall–Kier alpha value is -3.24. The van der Waals surface area contributed by atoms with E-state index in [0.29, 0.717) is 0 Å². The molecule has 1 aliphatic heterocycles. The van der Waals surface area contributed by atoms with Crippen molar-refractivity contribution in [3.8, 4) is 12.1 Å². The summed E-state index contributed by atoms with van der Waals surface area (Å²) in [6.45, 7) is 4.40. The zero-order chi connectivity index (χ0) is 18.4. The molecule has 2 aromatic carbocycles. The van der Waals surface area contributed by atoms with Crippen LogP contribution < -0.4 is 0 Å². The van der Waals surface area contributed by atoms with Crippen LogP contribution >= 0.6 is 0 Å². The van der Waals surface area contributed by atoms with Crippen LogP contribution in [0.1, 0.15) is 25.0 Å². The fourth-order valence-corrected chi connectivity index (χ4v) is 4.00. The van der Waals surface area contributed by atoms with E-state index in [2.05, 4.69) is 23.8 Å². The van der Waals surface area contributed by atoms with Gasteiger partial charge in [-0.1, -0.05) is 74.5 Å². The largest absolute Gasteiger partial charge is 0.326 e. The van der Waals surface area contributed by atoms with Gasteiger partial charge in [0.15, 0.2) is 0 Å². The highest BCUT2D eigenvalue weighted by molar-refractivity contribution is 6.15. The lowest BCUT2D eigenvalue weighted by Gasteiger charge is -2.16. The molecule has 1 saturated carbocycles. The van der Waals surface area contributed by atoms with E-state index in [1.807, 2.05) is 72.8 Å². The number of aliphatic imine (C=N–C) groups is 2. The maximum Gasteiger partial charge on any atom is 0.326 e. The van der Waals surface area contributed by atoms with Crippen molar-refractivity contribution in [1.82, 2.24) is 0 Å². The van der Waals surface area contributed by atoms with Gasteiger partial charge in [-0.25, -0.2) is 9.98 Å². The Morgan fingerprint density at radius 1 is 0.731 bits per heavy atom. The van der Waals surface area contributed by atoms with E-state index in [1.54, 1.807) is 0 Å². The minimum atomic E-state index is -1.74. The Morgan fingerprint density at radius 3 is 1.46 bits per heavy atom. The molecule has 0 saturated heterocycles. The van der Waals surface area contributed by atoms with E-state index in [9.17, 15) is 10.5 Å². The van der Waals surface area contributed by atoms with Crippen molar-refractivity contribution in [1.29, 1.82) is 10.5 Å². The molecule has 2 aliphatic rings. The number of benzene rings is 2. The van der Waals surface area contributed by atoms with Crippen molar-refractivity contribution in [2.45, 2.75) is 19.5 Å². The zero-order valence-electron chi connectivity index (χ0n) is 14.7. The predicted octanol–water partition coefficient (Wildman–Crippen LogP) is 3.99. The lowest BCUT2D eigenvalue weighted by atomic mass is 9.99. The quantitative estimate of drug-likeness (QED) is 0.830. The van der Waals surface area contributed by atoms with Gasteiger partial charge in [0.05, 0.1) is 11.4 Å². The molecule has 0 amide bonds. The first-order valence-corrected chi connectivity index (χ1v) is 8.65. The number of rotatable bonds is 2. The van der Waals surface area contributed by atoms with Crippen LogP contribution in [0.3, 0.4) is 0 Å². The molecule has 26 heavy (non-hydrogen) atoms. The van der Waals surface area contributed by atoms with Crippen LogP contribution in [-0.4, -0.2) is 17.1 Å². The lowest BCUT2D eigenvalue weighted by molar-refractivity contribution is 0.591. The van der Waals surface area contributed by atoms with Crippen LogP contribution in [-0.2, 0) is 0 Å². The van der Waals surface area contributed by atoms with Crippen molar-refractivity contribution >= 4 is 11.4 Å². The van der Waals surface area contributed by atoms with Crippen LogP contribution in [0.5, 0.6) is 0 Å². The Balaban J connectivity index is 1.93. The first-order valence-electron chi connectivity index (χ1n) is 8.65. The van der Waals surface area contributed by atoms with Gasteiger partial charge in [-0.15, -0.1) is 0 Å². The summed E-state index contributed by atoms with van der Waals surface area (Å²) in [5.41, 5.74) is 1.75. The van der Waals surface area contributed by atoms with Gasteiger partial charge in [0.25, 0.3) is 0 Å². The summed E-state index contributed by atoms with van der Waals surface area (Å²) < 4.78 is 0. The third-order valence-corrected chi connectivity index (χ3v) is 5.43. The SMILES string of the molecule is CC1(C)[C@@H]2C(c3ccccc3)=NC(C#N)(C#N)N=C(c3ccccc3)[C@@H]21. The summed E-state index contributed by atoms with van der Waals surface area (Å²) in [5, 5.41) is 19.5. The van der Waals surface area contributed by atoms with Crippen molar-refractivity contribution < 1.29 is 0 Å². The van der Waals surface area contributed by atoms with Gasteiger partial charge < -0.3 is 0 Å². The third-order valence-electron chi connectivity index (χ3n) is 5.43. The van der Waals surface area contributed by atoms with E-state index < -0.39 is 5.66 Å². The van der Waals surface area contributed by atoms with Crippen LogP contribution in [0.15, 0.2) is 70.6 Å². The number of nitrogens with zero attached hydrogens (tertiary/aromatic N) is 4. The summed E-state index contributed by atoms with van der Waals surface area (Å²) in [4.78, 5) is 9.23. The Morgan fingerprint density at radius 2 is 1.12 bits per heavy atom. The molecule has 0 N–H and O–H groups in total. The van der Waals surface area contributed by atoms with E-state index in [0.717, 1.165) is 22.6 Å². The van der Waals surface area contributed by atoms with Crippen LogP contribution in [0, 0.1) is 39.9 Å². The Labute approximate surface area is 153 Å². The first-order chi connectivity index (χ1) is 12.5. The van der Waals surface area contributed by atoms with Gasteiger partial charge in [0.1, 0.15) is 12.1 Å². The van der Waals surface area contributed by atoms with Gasteiger partial charge in [0, 0.05) is 11.8 Å². The molecule has 1 aliphatic carbocycles. The predicted molar refractivity (Wildman–Crippen MR) is 101 cm³/mol. The molecule has 126 valence electrons. The second-order valence-corrected chi connectivity index (χ2v) is 7.40. The average molecular weight is 338 g/mol. The molecule has 0 radical (unpaired) electrons. The Kier molecular flexibility index (Phi) is 3.53. The molecular formula is C22H18N4. The molecule has 4 rings (SSSR count). The Bertz CT molecular complexity index is 906. The highest BCUT2D eigenvalue weighted by atomic mass is 15.1. The smallest absolute Gasteiger partial charge is 0.232 e. The second-order valence-electron chi connectivity index (χ2n) is 7.40. The normalized spacial score (nSPS) is 24.8. The van der Waals surface area contributed by atoms with Gasteiger partial charge in [-0.3, -0.25) is 0 Å². The molecule has 4 heteroatoms. The summed E-state index contributed by atoms with van der Waals surface area (Å²) in [6, 6.07) is 23.7. The van der Waals surface area contributed by atoms with Gasteiger partial charge in [-0.2, -0.15) is 10.5 Å². The number of nitriles is 2. The molecule has 1 heterocycles. The summed E-state index contributed by atoms with van der Waals surface area (Å²) in [6.07, 6.45) is 0. The number of fused-ring (bicyclic) bond motifs is 1. The van der Waals surface area contributed by atoms with E-state index >= 15 is 0 Å². The maximum atomic E-state index is 9.74. The van der Waals surface area contributed by atoms with Crippen molar-refractivity contribution in [3.05, 3.63) is 71.8 Å². The fourth-order valence-electron chi connectivity index (χ4n) is 4.00. The van der Waals surface area contributed by atoms with E-state index in [-0.39, 0.29) is 17.3 Å². The topological polar surface area (TPSA) is 72.3 Å². The average Bonchev–Trinajstić information content (AvgIpc) is 3.30. The maximum absolute atomic E-state index is 9.74. The standard InChI is InChI=1S/C22H18N4/c1-21(2)17-18(21)20(16-11-7-4-8-12-16)26-22(13-23,14-24)25-19(17)15-9-5-3-6-10-15/h3-12,17-18H,1-2H3/t17-,18+. The fraction of sp³-hybridized carbons (Fsp3) is 0.273. The molecule has 4 nitrogen and oxygen atoms in total. The molecule has 0 aromatic heterocycles. The zero-order valence-corrected chi connectivity index (χ0v) is 14.7. The minimum absolute atomic E-state index is 0.0274. The molecule has 1 fully saturated rings. The van der Waals surface area contributed by atoms with Crippen molar-refractivity contribution in [3.63, 3.8) is 0 Å². The van der Waals surface area contributed by atoms with Crippen molar-refractivity contribution in [2.75, 3.05) is 0 Å².